The Labute approximate surface area is 181 Å². The maximum atomic E-state index is 6.24. The molecule has 0 spiro atoms. The van der Waals surface area contributed by atoms with Crippen molar-refractivity contribution in [2.75, 3.05) is 44.8 Å². The molecule has 0 radical (unpaired) electrons. The van der Waals surface area contributed by atoms with Gasteiger partial charge in [-0.1, -0.05) is 23.7 Å². The number of methoxy groups -OCH3 is 1. The summed E-state index contributed by atoms with van der Waals surface area (Å²) in [5.41, 5.74) is 3.37. The predicted molar refractivity (Wildman–Crippen MR) is 116 cm³/mol. The summed E-state index contributed by atoms with van der Waals surface area (Å²) in [7, 11) is 1.68. The summed E-state index contributed by atoms with van der Waals surface area (Å²) in [6, 6.07) is 11.9. The molecule has 1 saturated heterocycles. The fourth-order valence-corrected chi connectivity index (χ4v) is 4.08. The van der Waals surface area contributed by atoms with Gasteiger partial charge in [0.2, 0.25) is 0 Å². The molecule has 0 amide bonds. The van der Waals surface area contributed by atoms with Crippen LogP contribution >= 0.6 is 11.6 Å². The van der Waals surface area contributed by atoms with Gasteiger partial charge in [-0.3, -0.25) is 9.88 Å². The minimum absolute atomic E-state index is 0.110. The summed E-state index contributed by atoms with van der Waals surface area (Å²) in [6.45, 7) is 6.79. The fraction of sp³-hybridized carbons (Fsp3) is 0.429. The van der Waals surface area contributed by atoms with Crippen molar-refractivity contribution in [1.82, 2.24) is 30.1 Å². The highest BCUT2D eigenvalue weighted by molar-refractivity contribution is 6.30. The summed E-state index contributed by atoms with van der Waals surface area (Å²) in [5, 5.41) is 13.2. The van der Waals surface area contributed by atoms with Crippen molar-refractivity contribution in [3.8, 4) is 0 Å². The molecule has 1 aliphatic heterocycles. The Balaban J connectivity index is 1.57. The number of aryl methyl sites for hydroxylation is 1. The van der Waals surface area contributed by atoms with Gasteiger partial charge in [-0.15, -0.1) is 5.10 Å². The molecule has 3 aromatic rings. The summed E-state index contributed by atoms with van der Waals surface area (Å²) in [5.74, 6) is 0.790. The lowest BCUT2D eigenvalue weighted by Gasteiger charge is -2.40. The molecule has 0 N–H and O–H groups in total. The van der Waals surface area contributed by atoms with Crippen LogP contribution in [0.5, 0.6) is 0 Å². The molecule has 0 unspecified atom stereocenters. The minimum atomic E-state index is -0.110. The van der Waals surface area contributed by atoms with Crippen molar-refractivity contribution in [3.05, 3.63) is 64.7 Å². The van der Waals surface area contributed by atoms with Gasteiger partial charge >= 0.3 is 0 Å². The van der Waals surface area contributed by atoms with E-state index in [0.29, 0.717) is 13.2 Å². The molecule has 158 valence electrons. The third kappa shape index (κ3) is 4.45. The number of benzene rings is 1. The number of hydrogen-bond donors (Lipinski definition) is 0. The van der Waals surface area contributed by atoms with E-state index in [2.05, 4.69) is 43.3 Å². The van der Waals surface area contributed by atoms with Gasteiger partial charge in [-0.25, -0.2) is 4.68 Å². The number of hydrogen-bond acceptors (Lipinski definition) is 7. The molecular formula is C21H26ClN7O. The minimum Gasteiger partial charge on any atom is -0.383 e. The zero-order chi connectivity index (χ0) is 20.9. The number of nitrogens with zero attached hydrogens (tertiary/aromatic N) is 7. The van der Waals surface area contributed by atoms with E-state index in [-0.39, 0.29) is 6.04 Å². The smallest absolute Gasteiger partial charge is 0.174 e. The van der Waals surface area contributed by atoms with Crippen LogP contribution in [0.15, 0.2) is 42.6 Å². The van der Waals surface area contributed by atoms with Gasteiger partial charge < -0.3 is 9.64 Å². The first kappa shape index (κ1) is 20.7. The summed E-state index contributed by atoms with van der Waals surface area (Å²) in [4.78, 5) is 9.41. The monoisotopic (exact) mass is 427 g/mol. The molecule has 3 heterocycles. The lowest BCUT2D eigenvalue weighted by atomic mass is 10.1. The van der Waals surface area contributed by atoms with Gasteiger partial charge in [0.1, 0.15) is 6.04 Å². The van der Waals surface area contributed by atoms with Crippen LogP contribution in [0.1, 0.15) is 23.1 Å². The second-order valence-corrected chi connectivity index (χ2v) is 7.80. The molecule has 1 fully saturated rings. The number of halogens is 1. The molecule has 1 aliphatic rings. The SMILES string of the molecule is COCCn1nnnc1[C@H](c1ccccn1)N1CCN(c2cc(Cl)ccc2C)CC1. The van der Waals surface area contributed by atoms with E-state index in [9.17, 15) is 0 Å². The molecule has 1 atom stereocenters. The van der Waals surface area contributed by atoms with Crippen molar-refractivity contribution < 1.29 is 4.74 Å². The number of piperazine rings is 1. The van der Waals surface area contributed by atoms with Crippen LogP contribution in [0, 0.1) is 6.92 Å². The van der Waals surface area contributed by atoms with Crippen molar-refractivity contribution in [2.45, 2.75) is 19.5 Å². The van der Waals surface area contributed by atoms with Crippen LogP contribution < -0.4 is 4.90 Å². The molecular weight excluding hydrogens is 402 g/mol. The van der Waals surface area contributed by atoms with E-state index in [0.717, 1.165) is 42.7 Å². The number of anilines is 1. The second kappa shape index (κ2) is 9.51. The molecule has 0 aliphatic carbocycles. The third-order valence-electron chi connectivity index (χ3n) is 5.47. The zero-order valence-corrected chi connectivity index (χ0v) is 18.0. The first-order valence-corrected chi connectivity index (χ1v) is 10.5. The molecule has 0 saturated carbocycles. The highest BCUT2D eigenvalue weighted by atomic mass is 35.5. The summed E-state index contributed by atoms with van der Waals surface area (Å²) < 4.78 is 7.04. The van der Waals surface area contributed by atoms with E-state index in [1.807, 2.05) is 41.2 Å². The average Bonchev–Trinajstić information content (AvgIpc) is 3.23. The van der Waals surface area contributed by atoms with Crippen molar-refractivity contribution in [2.24, 2.45) is 0 Å². The first-order chi connectivity index (χ1) is 14.7. The number of pyridine rings is 1. The molecule has 1 aromatic carbocycles. The second-order valence-electron chi connectivity index (χ2n) is 7.36. The van der Waals surface area contributed by atoms with Gasteiger partial charge in [0.05, 0.1) is 18.8 Å². The Morgan fingerprint density at radius 1 is 1.13 bits per heavy atom. The maximum absolute atomic E-state index is 6.24. The number of ether oxygens (including phenoxy) is 1. The molecule has 0 bridgehead atoms. The Hall–Kier alpha value is -2.55. The normalized spacial score (nSPS) is 16.0. The third-order valence-corrected chi connectivity index (χ3v) is 5.71. The summed E-state index contributed by atoms with van der Waals surface area (Å²) >= 11 is 6.24. The Morgan fingerprint density at radius 2 is 1.97 bits per heavy atom. The van der Waals surface area contributed by atoms with E-state index >= 15 is 0 Å². The highest BCUT2D eigenvalue weighted by Crippen LogP contribution is 2.30. The first-order valence-electron chi connectivity index (χ1n) is 10.1. The molecule has 9 heteroatoms. The average molecular weight is 428 g/mol. The zero-order valence-electron chi connectivity index (χ0n) is 17.3. The fourth-order valence-electron chi connectivity index (χ4n) is 3.91. The van der Waals surface area contributed by atoms with Gasteiger partial charge in [-0.05, 0) is 47.2 Å². The Kier molecular flexibility index (Phi) is 6.56. The number of aromatic nitrogens is 5. The molecule has 8 nitrogen and oxygen atoms in total. The van der Waals surface area contributed by atoms with E-state index in [1.54, 1.807) is 7.11 Å². The van der Waals surface area contributed by atoms with Crippen molar-refractivity contribution in [1.29, 1.82) is 0 Å². The van der Waals surface area contributed by atoms with E-state index in [4.69, 9.17) is 16.3 Å². The topological polar surface area (TPSA) is 72.2 Å². The molecule has 4 rings (SSSR count). The van der Waals surface area contributed by atoms with Gasteiger partial charge in [0, 0.05) is 50.2 Å². The standard InChI is InChI=1S/C21H26ClN7O/c1-16-6-7-17(22)15-19(16)27-9-11-28(12-10-27)20(18-5-3-4-8-23-18)21-24-25-26-29(21)13-14-30-2/h3-8,15,20H,9-14H2,1-2H3/t20-/m0/s1. The Bertz CT molecular complexity index is 957. The highest BCUT2D eigenvalue weighted by Gasteiger charge is 2.31. The largest absolute Gasteiger partial charge is 0.383 e. The van der Waals surface area contributed by atoms with Gasteiger partial charge in [0.25, 0.3) is 0 Å². The van der Waals surface area contributed by atoms with Crippen LogP contribution in [0.3, 0.4) is 0 Å². The lowest BCUT2D eigenvalue weighted by molar-refractivity contribution is 0.171. The number of rotatable bonds is 7. The van der Waals surface area contributed by atoms with Crippen LogP contribution in [0.4, 0.5) is 5.69 Å². The maximum Gasteiger partial charge on any atom is 0.174 e. The van der Waals surface area contributed by atoms with Crippen LogP contribution in [-0.2, 0) is 11.3 Å². The quantitative estimate of drug-likeness (QED) is 0.573. The number of tetrazole rings is 1. The molecule has 2 aromatic heterocycles. The van der Waals surface area contributed by atoms with Crippen molar-refractivity contribution in [3.63, 3.8) is 0 Å². The van der Waals surface area contributed by atoms with E-state index < -0.39 is 0 Å². The lowest BCUT2D eigenvalue weighted by Crippen LogP contribution is -2.48. The van der Waals surface area contributed by atoms with E-state index in [1.165, 1.54) is 11.3 Å². The predicted octanol–water partition coefficient (Wildman–Crippen LogP) is 2.59. The Morgan fingerprint density at radius 3 is 2.70 bits per heavy atom. The van der Waals surface area contributed by atoms with Gasteiger partial charge in [0.15, 0.2) is 5.82 Å². The van der Waals surface area contributed by atoms with Crippen molar-refractivity contribution >= 4 is 17.3 Å². The molecule has 30 heavy (non-hydrogen) atoms. The van der Waals surface area contributed by atoms with Crippen LogP contribution in [-0.4, -0.2) is 70.0 Å². The van der Waals surface area contributed by atoms with Crippen LogP contribution in [0.2, 0.25) is 5.02 Å². The van der Waals surface area contributed by atoms with Crippen LogP contribution in [0.25, 0.3) is 0 Å². The van der Waals surface area contributed by atoms with Gasteiger partial charge in [-0.2, -0.15) is 0 Å². The summed E-state index contributed by atoms with van der Waals surface area (Å²) in [6.07, 6.45) is 1.82.